The zero-order valence-electron chi connectivity index (χ0n) is 17.6. The number of ether oxygens (including phenoxy) is 4. The van der Waals surface area contributed by atoms with Gasteiger partial charge < -0.3 is 24.3 Å². The summed E-state index contributed by atoms with van der Waals surface area (Å²) in [5.74, 6) is -0.480. The van der Waals surface area contributed by atoms with Crippen LogP contribution < -0.4 is 25.0 Å². The first kappa shape index (κ1) is 23.2. The van der Waals surface area contributed by atoms with E-state index in [2.05, 4.69) is 20.6 Å². The summed E-state index contributed by atoms with van der Waals surface area (Å²) in [5.41, 5.74) is 3.60. The molecule has 2 amide bonds. The van der Waals surface area contributed by atoms with Gasteiger partial charge in [-0.15, -0.1) is 0 Å². The van der Waals surface area contributed by atoms with Crippen LogP contribution in [0.4, 0.5) is 0 Å². The molecule has 0 unspecified atom stereocenters. The lowest BCUT2D eigenvalue weighted by Crippen LogP contribution is -2.34. The summed E-state index contributed by atoms with van der Waals surface area (Å²) in [7, 11) is 5.63. The molecule has 0 bridgehead atoms. The van der Waals surface area contributed by atoms with Gasteiger partial charge >= 0.3 is 5.97 Å². The fourth-order valence-corrected chi connectivity index (χ4v) is 2.52. The predicted octanol–water partition coefficient (Wildman–Crippen LogP) is 1.38. The van der Waals surface area contributed by atoms with Gasteiger partial charge in [0, 0.05) is 5.56 Å². The molecule has 0 saturated carbocycles. The molecule has 10 heteroatoms. The maximum atomic E-state index is 12.4. The van der Waals surface area contributed by atoms with Gasteiger partial charge in [0.2, 0.25) is 5.75 Å². The van der Waals surface area contributed by atoms with Crippen LogP contribution in [0.3, 0.4) is 0 Å². The van der Waals surface area contributed by atoms with E-state index in [9.17, 15) is 14.4 Å². The Bertz CT molecular complexity index is 946. The van der Waals surface area contributed by atoms with E-state index in [-0.39, 0.29) is 12.1 Å². The molecule has 0 atom stereocenters. The Morgan fingerprint density at radius 3 is 2.03 bits per heavy atom. The van der Waals surface area contributed by atoms with Crippen LogP contribution in [0.5, 0.6) is 17.2 Å². The molecule has 0 aliphatic rings. The first-order chi connectivity index (χ1) is 14.9. The van der Waals surface area contributed by atoms with Crippen molar-refractivity contribution in [3.8, 4) is 17.2 Å². The molecular weight excluding hydrogens is 406 g/mol. The molecule has 2 N–H and O–H groups in total. The Balaban J connectivity index is 1.91. The van der Waals surface area contributed by atoms with Crippen molar-refractivity contribution in [1.82, 2.24) is 10.7 Å². The summed E-state index contributed by atoms with van der Waals surface area (Å²) in [6.07, 6.45) is 1.40. The third kappa shape index (κ3) is 6.20. The van der Waals surface area contributed by atoms with Crippen molar-refractivity contribution in [2.45, 2.75) is 0 Å². The molecule has 0 heterocycles. The van der Waals surface area contributed by atoms with E-state index in [4.69, 9.17) is 14.2 Å². The molecule has 164 valence electrons. The van der Waals surface area contributed by atoms with Crippen LogP contribution in [0.25, 0.3) is 0 Å². The summed E-state index contributed by atoms with van der Waals surface area (Å²) in [4.78, 5) is 35.7. The van der Waals surface area contributed by atoms with E-state index in [0.717, 1.165) is 0 Å². The second kappa shape index (κ2) is 11.2. The number of amides is 2. The van der Waals surface area contributed by atoms with E-state index in [0.29, 0.717) is 28.4 Å². The number of benzene rings is 2. The van der Waals surface area contributed by atoms with Crippen LogP contribution in [0.2, 0.25) is 0 Å². The number of carbonyl (C=O) groups excluding carboxylic acids is 3. The van der Waals surface area contributed by atoms with Crippen molar-refractivity contribution in [2.24, 2.45) is 5.10 Å². The second-order valence-electron chi connectivity index (χ2n) is 6.00. The Morgan fingerprint density at radius 2 is 1.52 bits per heavy atom. The van der Waals surface area contributed by atoms with E-state index < -0.39 is 17.8 Å². The third-order valence-electron chi connectivity index (χ3n) is 4.07. The van der Waals surface area contributed by atoms with Gasteiger partial charge in [0.15, 0.2) is 11.5 Å². The lowest BCUT2D eigenvalue weighted by atomic mass is 10.1. The highest BCUT2D eigenvalue weighted by atomic mass is 16.5. The van der Waals surface area contributed by atoms with Gasteiger partial charge in [-0.25, -0.2) is 10.2 Å². The van der Waals surface area contributed by atoms with Crippen LogP contribution in [0.15, 0.2) is 41.5 Å². The van der Waals surface area contributed by atoms with Crippen molar-refractivity contribution in [2.75, 3.05) is 35.0 Å². The number of hydrazone groups is 1. The van der Waals surface area contributed by atoms with Crippen molar-refractivity contribution in [3.63, 3.8) is 0 Å². The van der Waals surface area contributed by atoms with Crippen molar-refractivity contribution < 1.29 is 33.3 Å². The number of methoxy groups -OCH3 is 4. The van der Waals surface area contributed by atoms with E-state index in [1.54, 1.807) is 24.3 Å². The lowest BCUT2D eigenvalue weighted by Gasteiger charge is -2.14. The zero-order chi connectivity index (χ0) is 22.8. The van der Waals surface area contributed by atoms with Gasteiger partial charge in [-0.1, -0.05) is 12.1 Å². The van der Waals surface area contributed by atoms with Crippen LogP contribution in [0.1, 0.15) is 26.3 Å². The number of nitrogens with one attached hydrogen (secondary N) is 2. The molecule has 2 aromatic carbocycles. The minimum atomic E-state index is -0.525. The molecule has 2 rings (SSSR count). The largest absolute Gasteiger partial charge is 0.493 e. The molecular formula is C21H23N3O7. The number of carbonyl (C=O) groups is 3. The maximum absolute atomic E-state index is 12.4. The van der Waals surface area contributed by atoms with E-state index >= 15 is 0 Å². The summed E-state index contributed by atoms with van der Waals surface area (Å²) < 4.78 is 20.2. The summed E-state index contributed by atoms with van der Waals surface area (Å²) in [6, 6.07) is 9.40. The van der Waals surface area contributed by atoms with Gasteiger partial charge in [-0.2, -0.15) is 5.10 Å². The van der Waals surface area contributed by atoms with Crippen LogP contribution in [-0.4, -0.2) is 59.0 Å². The quantitative estimate of drug-likeness (QED) is 0.350. The first-order valence-electron chi connectivity index (χ1n) is 9.02. The maximum Gasteiger partial charge on any atom is 0.337 e. The first-order valence-corrected chi connectivity index (χ1v) is 9.02. The fraction of sp³-hybridized carbons (Fsp3) is 0.238. The molecule has 0 spiro atoms. The minimum absolute atomic E-state index is 0.233. The summed E-state index contributed by atoms with van der Waals surface area (Å²) in [5, 5.41) is 6.30. The normalized spacial score (nSPS) is 10.3. The second-order valence-corrected chi connectivity index (χ2v) is 6.00. The van der Waals surface area contributed by atoms with Gasteiger partial charge in [-0.05, 0) is 29.8 Å². The van der Waals surface area contributed by atoms with Crippen molar-refractivity contribution >= 4 is 24.0 Å². The minimum Gasteiger partial charge on any atom is -0.493 e. The smallest absolute Gasteiger partial charge is 0.337 e. The molecule has 0 aliphatic carbocycles. The Morgan fingerprint density at radius 1 is 0.903 bits per heavy atom. The monoisotopic (exact) mass is 429 g/mol. The summed E-state index contributed by atoms with van der Waals surface area (Å²) >= 11 is 0. The zero-order valence-corrected chi connectivity index (χ0v) is 17.6. The molecule has 0 aromatic heterocycles. The highest BCUT2D eigenvalue weighted by molar-refractivity contribution is 5.97. The fourth-order valence-electron chi connectivity index (χ4n) is 2.52. The molecule has 31 heavy (non-hydrogen) atoms. The average molecular weight is 429 g/mol. The Labute approximate surface area is 179 Å². The van der Waals surface area contributed by atoms with Gasteiger partial charge in [0.1, 0.15) is 0 Å². The average Bonchev–Trinajstić information content (AvgIpc) is 2.81. The SMILES string of the molecule is COC(=O)c1ccc(C=NNC(=O)CNC(=O)c2cc(OC)c(OC)c(OC)c2)cc1. The third-order valence-corrected chi connectivity index (χ3v) is 4.07. The Hall–Kier alpha value is -4.08. The molecule has 0 saturated heterocycles. The van der Waals surface area contributed by atoms with E-state index in [1.165, 1.54) is 46.8 Å². The number of hydrogen-bond acceptors (Lipinski definition) is 8. The van der Waals surface area contributed by atoms with E-state index in [1.807, 2.05) is 0 Å². The van der Waals surface area contributed by atoms with Crippen LogP contribution >= 0.6 is 0 Å². The van der Waals surface area contributed by atoms with Gasteiger partial charge in [0.25, 0.3) is 11.8 Å². The van der Waals surface area contributed by atoms with Crippen molar-refractivity contribution in [1.29, 1.82) is 0 Å². The highest BCUT2D eigenvalue weighted by Crippen LogP contribution is 2.38. The van der Waals surface area contributed by atoms with Crippen LogP contribution in [0, 0.1) is 0 Å². The number of rotatable bonds is 9. The highest BCUT2D eigenvalue weighted by Gasteiger charge is 2.17. The molecule has 2 aromatic rings. The summed E-state index contributed by atoms with van der Waals surface area (Å²) in [6.45, 7) is -0.298. The van der Waals surface area contributed by atoms with Crippen LogP contribution in [-0.2, 0) is 9.53 Å². The molecule has 10 nitrogen and oxygen atoms in total. The van der Waals surface area contributed by atoms with Gasteiger partial charge in [0.05, 0.1) is 46.8 Å². The number of nitrogens with zero attached hydrogens (tertiary/aromatic N) is 1. The molecule has 0 fully saturated rings. The topological polar surface area (TPSA) is 125 Å². The molecule has 0 aliphatic heterocycles. The van der Waals surface area contributed by atoms with Crippen molar-refractivity contribution in [3.05, 3.63) is 53.1 Å². The number of esters is 1. The standard InChI is InChI=1S/C21H23N3O7/c1-28-16-9-15(10-17(29-2)19(16)30-3)20(26)22-12-18(25)24-23-11-13-5-7-14(8-6-13)21(27)31-4/h5-11H,12H2,1-4H3,(H,22,26)(H,24,25). The molecule has 0 radical (unpaired) electrons. The number of hydrogen-bond donors (Lipinski definition) is 2. The Kier molecular flexibility index (Phi) is 8.38. The predicted molar refractivity (Wildman–Crippen MR) is 112 cm³/mol. The van der Waals surface area contributed by atoms with Gasteiger partial charge in [-0.3, -0.25) is 9.59 Å². The lowest BCUT2D eigenvalue weighted by molar-refractivity contribution is -0.120.